The number of ether oxygens (including phenoxy) is 2. The second-order valence-electron chi connectivity index (χ2n) is 13.1. The Morgan fingerprint density at radius 1 is 1.12 bits per heavy atom. The fourth-order valence-corrected chi connectivity index (χ4v) is 8.73. The van der Waals surface area contributed by atoms with Crippen LogP contribution in [0.1, 0.15) is 54.8 Å². The molecule has 3 aliphatic heterocycles. The van der Waals surface area contributed by atoms with Gasteiger partial charge in [0.15, 0.2) is 0 Å². The first-order valence-corrected chi connectivity index (χ1v) is 17.8. The lowest BCUT2D eigenvalue weighted by atomic mass is 9.70. The number of aliphatic hydroxyl groups excluding tert-OH is 1. The zero-order valence-electron chi connectivity index (χ0n) is 28.2. The topological polar surface area (TPSA) is 125 Å². The van der Waals surface area contributed by atoms with Crippen LogP contribution in [0.2, 0.25) is 0 Å². The second kappa shape index (κ2) is 15.8. The van der Waals surface area contributed by atoms with Gasteiger partial charge in [-0.25, -0.2) is 0 Å². The highest BCUT2D eigenvalue weighted by atomic mass is 79.9. The molecule has 5 rings (SSSR count). The average molecular weight is 737 g/mol. The van der Waals surface area contributed by atoms with E-state index in [0.717, 1.165) is 22.4 Å². The summed E-state index contributed by atoms with van der Waals surface area (Å²) >= 11 is 3.75. The van der Waals surface area contributed by atoms with E-state index in [0.29, 0.717) is 25.7 Å². The van der Waals surface area contributed by atoms with E-state index in [4.69, 9.17) is 9.47 Å². The number of unbranched alkanes of at least 4 members (excludes halogenated alkanes) is 1. The monoisotopic (exact) mass is 735 g/mol. The van der Waals surface area contributed by atoms with Gasteiger partial charge in [0, 0.05) is 36.6 Å². The number of amides is 3. The van der Waals surface area contributed by atoms with Crippen molar-refractivity contribution in [2.24, 2.45) is 11.8 Å². The predicted molar refractivity (Wildman–Crippen MR) is 190 cm³/mol. The number of benzene rings is 2. The van der Waals surface area contributed by atoms with Gasteiger partial charge in [0.2, 0.25) is 11.8 Å². The lowest BCUT2D eigenvalue weighted by Crippen LogP contribution is -2.57. The summed E-state index contributed by atoms with van der Waals surface area (Å²) in [5, 5.41) is 12.6. The highest BCUT2D eigenvalue weighted by Gasteiger charge is 2.76. The van der Waals surface area contributed by atoms with E-state index in [2.05, 4.69) is 34.4 Å². The van der Waals surface area contributed by atoms with Crippen LogP contribution in [-0.4, -0.2) is 82.6 Å². The highest BCUT2D eigenvalue weighted by Crippen LogP contribution is 2.60. The molecule has 3 heterocycles. The first-order chi connectivity index (χ1) is 23.6. The summed E-state index contributed by atoms with van der Waals surface area (Å²) in [6.45, 7) is 11.8. The van der Waals surface area contributed by atoms with E-state index in [1.165, 1.54) is 0 Å². The van der Waals surface area contributed by atoms with Crippen molar-refractivity contribution in [1.29, 1.82) is 0 Å². The minimum absolute atomic E-state index is 0.0493. The van der Waals surface area contributed by atoms with Crippen LogP contribution in [0, 0.1) is 25.7 Å². The summed E-state index contributed by atoms with van der Waals surface area (Å²) in [6.07, 6.45) is 4.58. The molecule has 2 N–H and O–H groups in total. The van der Waals surface area contributed by atoms with Gasteiger partial charge in [-0.05, 0) is 56.2 Å². The molecule has 49 heavy (non-hydrogen) atoms. The molecule has 3 amide bonds. The molecular weight excluding hydrogens is 690 g/mol. The summed E-state index contributed by atoms with van der Waals surface area (Å²) in [6, 6.07) is 13.4. The number of carbonyl (C=O) groups excluding carboxylic acids is 4. The number of alkyl halides is 1. The van der Waals surface area contributed by atoms with E-state index < -0.39 is 47.5 Å². The van der Waals surface area contributed by atoms with E-state index >= 15 is 0 Å². The molecule has 11 heteroatoms. The summed E-state index contributed by atoms with van der Waals surface area (Å²) < 4.78 is 12.3. The normalized spacial score (nSPS) is 25.8. The van der Waals surface area contributed by atoms with Crippen molar-refractivity contribution in [1.82, 2.24) is 10.2 Å². The lowest BCUT2D eigenvalue weighted by Gasteiger charge is -2.38. The number of esters is 1. The van der Waals surface area contributed by atoms with Gasteiger partial charge in [-0.2, -0.15) is 0 Å². The Balaban J connectivity index is 1.50. The Labute approximate surface area is 296 Å². The maximum absolute atomic E-state index is 14.9. The van der Waals surface area contributed by atoms with E-state index in [1.807, 2.05) is 62.4 Å². The molecule has 1 spiro atoms. The minimum Gasteiger partial charge on any atom is -0.463 e. The molecule has 0 aromatic heterocycles. The summed E-state index contributed by atoms with van der Waals surface area (Å²) in [4.78, 5) is 59.2. The van der Waals surface area contributed by atoms with Crippen LogP contribution in [0.4, 0.5) is 5.69 Å². The minimum atomic E-state index is -1.26. The number of rotatable bonds is 16. The Hall–Kier alpha value is -3.80. The molecule has 0 aliphatic carbocycles. The van der Waals surface area contributed by atoms with Crippen LogP contribution in [0.15, 0.2) is 73.8 Å². The number of nitrogens with one attached hydrogen (secondary N) is 1. The number of likely N-dealkylation sites (tertiary alicyclic amines) is 1. The van der Waals surface area contributed by atoms with Crippen LogP contribution < -0.4 is 10.2 Å². The molecule has 7 atom stereocenters. The SMILES string of the molecule is C=CCCC(=O)OC[C@H](NC(=O)[C@H]1[C@@H]2O[C@@]3(CC2Br)[C@@H]1C(=O)N(CCCCO)[C@@H]3C(=O)N(CC=C)c1c(C)cccc1C)c1ccccc1. The highest BCUT2D eigenvalue weighted by molar-refractivity contribution is 9.09. The Morgan fingerprint density at radius 3 is 2.49 bits per heavy atom. The van der Waals surface area contributed by atoms with Crippen LogP contribution in [0.25, 0.3) is 0 Å². The zero-order chi connectivity index (χ0) is 35.3. The molecule has 2 bridgehead atoms. The number of anilines is 1. The van der Waals surface area contributed by atoms with E-state index in [9.17, 15) is 24.3 Å². The molecule has 3 aliphatic rings. The van der Waals surface area contributed by atoms with Crippen molar-refractivity contribution in [3.8, 4) is 0 Å². The fraction of sp³-hybridized carbons (Fsp3) is 0.474. The van der Waals surface area contributed by atoms with Gasteiger partial charge in [-0.3, -0.25) is 19.2 Å². The maximum atomic E-state index is 14.9. The fourth-order valence-electron chi connectivity index (χ4n) is 7.79. The van der Waals surface area contributed by atoms with Crippen molar-refractivity contribution < 1.29 is 33.8 Å². The number of allylic oxidation sites excluding steroid dienone is 1. The second-order valence-corrected chi connectivity index (χ2v) is 14.3. The molecule has 262 valence electrons. The number of hydrogen-bond acceptors (Lipinski definition) is 7. The van der Waals surface area contributed by atoms with Crippen LogP contribution in [-0.2, 0) is 28.7 Å². The van der Waals surface area contributed by atoms with E-state index in [-0.39, 0.29) is 49.4 Å². The Morgan fingerprint density at radius 2 is 1.84 bits per heavy atom. The average Bonchev–Trinajstić information content (AvgIpc) is 3.68. The molecule has 0 radical (unpaired) electrons. The van der Waals surface area contributed by atoms with Gasteiger partial charge >= 0.3 is 5.97 Å². The maximum Gasteiger partial charge on any atom is 0.306 e. The van der Waals surface area contributed by atoms with E-state index in [1.54, 1.807) is 22.0 Å². The number of aryl methyl sites for hydroxylation is 2. The molecule has 3 saturated heterocycles. The molecular formula is C38H46BrN3O7. The number of aliphatic hydroxyl groups is 1. The van der Waals surface area contributed by atoms with Crippen molar-refractivity contribution in [2.75, 3.05) is 31.2 Å². The van der Waals surface area contributed by atoms with Gasteiger partial charge in [0.1, 0.15) is 18.2 Å². The first kappa shape index (κ1) is 36.5. The zero-order valence-corrected chi connectivity index (χ0v) is 29.8. The number of carbonyl (C=O) groups is 4. The third-order valence-electron chi connectivity index (χ3n) is 9.90. The number of halogens is 1. The molecule has 2 aromatic carbocycles. The van der Waals surface area contributed by atoms with Crippen LogP contribution >= 0.6 is 15.9 Å². The Bertz CT molecular complexity index is 1550. The van der Waals surface area contributed by atoms with Gasteiger partial charge in [-0.1, -0.05) is 76.6 Å². The molecule has 2 aromatic rings. The van der Waals surface area contributed by atoms with Gasteiger partial charge in [-0.15, -0.1) is 13.2 Å². The molecule has 3 fully saturated rings. The molecule has 0 saturated carbocycles. The van der Waals surface area contributed by atoms with Gasteiger partial charge in [0.05, 0.1) is 24.0 Å². The number of nitrogens with zero attached hydrogens (tertiary/aromatic N) is 2. The predicted octanol–water partition coefficient (Wildman–Crippen LogP) is 4.71. The number of hydrogen-bond donors (Lipinski definition) is 2. The summed E-state index contributed by atoms with van der Waals surface area (Å²) in [5.41, 5.74) is 2.05. The van der Waals surface area contributed by atoms with Crippen molar-refractivity contribution in [3.05, 3.63) is 90.5 Å². The number of para-hydroxylation sites is 1. The molecule has 10 nitrogen and oxygen atoms in total. The van der Waals surface area contributed by atoms with Gasteiger partial charge in [0.25, 0.3) is 5.91 Å². The summed E-state index contributed by atoms with van der Waals surface area (Å²) in [5.74, 6) is -3.25. The third-order valence-corrected chi connectivity index (χ3v) is 10.7. The molecule has 1 unspecified atom stereocenters. The number of fused-ring (bicyclic) bond motifs is 1. The lowest BCUT2D eigenvalue weighted by molar-refractivity contribution is -0.145. The quantitative estimate of drug-likeness (QED) is 0.111. The van der Waals surface area contributed by atoms with Crippen LogP contribution in [0.5, 0.6) is 0 Å². The standard InChI is InChI=1S/C38H46BrN3O7/c1-5-7-18-29(44)48-23-28(26-16-9-8-10-17-26)40-35(45)30-31-36(46)42(20-11-12-21-43)34(38(31)22-27(39)33(30)49-38)37(47)41(19-6-2)32-24(3)14-13-15-25(32)4/h5-6,8-10,13-17,27-28,30-31,33-34,43H,1-2,7,11-12,18-23H2,3-4H3,(H,40,45)/t27?,28-,30+,31-,33+,34+,38-/m0/s1. The first-order valence-electron chi connectivity index (χ1n) is 16.9. The Kier molecular flexibility index (Phi) is 11.8. The summed E-state index contributed by atoms with van der Waals surface area (Å²) in [7, 11) is 0. The van der Waals surface area contributed by atoms with Crippen LogP contribution in [0.3, 0.4) is 0 Å². The van der Waals surface area contributed by atoms with Crippen molar-refractivity contribution in [3.63, 3.8) is 0 Å². The van der Waals surface area contributed by atoms with Gasteiger partial charge < -0.3 is 29.7 Å². The third kappa shape index (κ3) is 7.11. The van der Waals surface area contributed by atoms with Crippen molar-refractivity contribution >= 4 is 45.3 Å². The largest absolute Gasteiger partial charge is 0.463 e. The van der Waals surface area contributed by atoms with Crippen molar-refractivity contribution in [2.45, 2.75) is 74.6 Å². The smallest absolute Gasteiger partial charge is 0.306 e.